The van der Waals surface area contributed by atoms with Crippen LogP contribution in [0.15, 0.2) is 18.7 Å². The van der Waals surface area contributed by atoms with Crippen molar-refractivity contribution < 1.29 is 4.79 Å². The molecule has 76 valence electrons. The molecule has 0 spiro atoms. The van der Waals surface area contributed by atoms with Crippen molar-refractivity contribution in [1.29, 1.82) is 0 Å². The van der Waals surface area contributed by atoms with E-state index in [1.165, 1.54) is 6.07 Å². The second-order valence-corrected chi connectivity index (χ2v) is 2.84. The first kappa shape index (κ1) is 10.3. The van der Waals surface area contributed by atoms with E-state index in [0.717, 1.165) is 0 Å². The van der Waals surface area contributed by atoms with E-state index in [4.69, 9.17) is 5.73 Å². The molecule has 0 aliphatic carbocycles. The number of aromatic amines is 1. The van der Waals surface area contributed by atoms with Crippen LogP contribution in [0.3, 0.4) is 0 Å². The molecule has 0 saturated carbocycles. The van der Waals surface area contributed by atoms with Gasteiger partial charge >= 0.3 is 0 Å². The minimum atomic E-state index is -0.114. The van der Waals surface area contributed by atoms with E-state index in [2.05, 4.69) is 16.8 Å². The number of nitrogens with one attached hydrogen (secondary N) is 1. The molecule has 14 heavy (non-hydrogen) atoms. The van der Waals surface area contributed by atoms with Gasteiger partial charge in [0.25, 0.3) is 5.91 Å². The normalized spacial score (nSPS) is 9.79. The van der Waals surface area contributed by atoms with Gasteiger partial charge in [-0.2, -0.15) is 5.10 Å². The first-order valence-corrected chi connectivity index (χ1v) is 4.40. The third kappa shape index (κ3) is 2.12. The van der Waals surface area contributed by atoms with Crippen molar-refractivity contribution in [2.45, 2.75) is 6.92 Å². The summed E-state index contributed by atoms with van der Waals surface area (Å²) < 4.78 is 0. The smallest absolute Gasteiger partial charge is 0.272 e. The molecule has 0 unspecified atom stereocenters. The maximum absolute atomic E-state index is 11.7. The summed E-state index contributed by atoms with van der Waals surface area (Å²) in [5, 5.41) is 6.27. The highest BCUT2D eigenvalue weighted by Crippen LogP contribution is 2.04. The van der Waals surface area contributed by atoms with E-state index in [-0.39, 0.29) is 5.91 Å². The summed E-state index contributed by atoms with van der Waals surface area (Å²) in [6.45, 7) is 6.64. The molecule has 0 aliphatic heterocycles. The average molecular weight is 194 g/mol. The number of aromatic nitrogens is 2. The number of nitrogens with two attached hydrogens (primary N) is 1. The molecule has 1 amide bonds. The van der Waals surface area contributed by atoms with Gasteiger partial charge in [-0.1, -0.05) is 6.08 Å². The monoisotopic (exact) mass is 194 g/mol. The van der Waals surface area contributed by atoms with Gasteiger partial charge in [-0.05, 0) is 6.92 Å². The predicted octanol–water partition coefficient (Wildman–Crippen LogP) is 0.640. The molecule has 1 rings (SSSR count). The number of rotatable bonds is 4. The Balaban J connectivity index is 2.77. The number of anilines is 1. The lowest BCUT2D eigenvalue weighted by atomic mass is 10.3. The van der Waals surface area contributed by atoms with Gasteiger partial charge in [0.1, 0.15) is 11.5 Å². The molecular weight excluding hydrogens is 180 g/mol. The van der Waals surface area contributed by atoms with Gasteiger partial charge in [-0.25, -0.2) is 0 Å². The third-order valence-corrected chi connectivity index (χ3v) is 1.85. The molecule has 5 nitrogen and oxygen atoms in total. The molecular formula is C9H14N4O. The van der Waals surface area contributed by atoms with E-state index in [1.807, 2.05) is 6.92 Å². The highest BCUT2D eigenvalue weighted by molar-refractivity contribution is 5.93. The zero-order chi connectivity index (χ0) is 10.6. The number of H-pyrrole nitrogens is 1. The zero-order valence-corrected chi connectivity index (χ0v) is 8.16. The summed E-state index contributed by atoms with van der Waals surface area (Å²) in [5.41, 5.74) is 5.81. The van der Waals surface area contributed by atoms with Crippen molar-refractivity contribution in [1.82, 2.24) is 15.1 Å². The largest absolute Gasteiger partial charge is 0.382 e. The fourth-order valence-corrected chi connectivity index (χ4v) is 1.13. The summed E-state index contributed by atoms with van der Waals surface area (Å²) in [6.07, 6.45) is 1.68. The Hall–Kier alpha value is -1.78. The fourth-order valence-electron chi connectivity index (χ4n) is 1.13. The van der Waals surface area contributed by atoms with Crippen LogP contribution in [-0.2, 0) is 0 Å². The Morgan fingerprint density at radius 3 is 3.00 bits per heavy atom. The Kier molecular flexibility index (Phi) is 3.28. The summed E-state index contributed by atoms with van der Waals surface area (Å²) in [7, 11) is 0. The second kappa shape index (κ2) is 4.45. The van der Waals surface area contributed by atoms with E-state index in [0.29, 0.717) is 24.6 Å². The fraction of sp³-hybridized carbons (Fsp3) is 0.333. The lowest BCUT2D eigenvalue weighted by Crippen LogP contribution is -2.31. The molecule has 0 fully saturated rings. The lowest BCUT2D eigenvalue weighted by Gasteiger charge is -2.17. The number of carbonyl (C=O) groups excluding carboxylic acids is 1. The van der Waals surface area contributed by atoms with Crippen LogP contribution in [-0.4, -0.2) is 34.1 Å². The number of nitrogens with zero attached hydrogens (tertiary/aromatic N) is 2. The van der Waals surface area contributed by atoms with Crippen LogP contribution < -0.4 is 5.73 Å². The third-order valence-electron chi connectivity index (χ3n) is 1.85. The van der Waals surface area contributed by atoms with Gasteiger partial charge in [-0.3, -0.25) is 9.89 Å². The van der Waals surface area contributed by atoms with Crippen LogP contribution in [0.5, 0.6) is 0 Å². The van der Waals surface area contributed by atoms with Crippen LogP contribution in [0.2, 0.25) is 0 Å². The highest BCUT2D eigenvalue weighted by Gasteiger charge is 2.14. The minimum absolute atomic E-state index is 0.114. The van der Waals surface area contributed by atoms with Crippen molar-refractivity contribution in [3.05, 3.63) is 24.4 Å². The molecule has 1 aromatic heterocycles. The van der Waals surface area contributed by atoms with Gasteiger partial charge in [0.2, 0.25) is 0 Å². The van der Waals surface area contributed by atoms with Crippen molar-refractivity contribution in [3.63, 3.8) is 0 Å². The molecule has 0 bridgehead atoms. The molecule has 1 heterocycles. The van der Waals surface area contributed by atoms with Crippen molar-refractivity contribution in [2.75, 3.05) is 18.8 Å². The maximum atomic E-state index is 11.7. The molecule has 1 aromatic rings. The van der Waals surface area contributed by atoms with Gasteiger partial charge in [0, 0.05) is 19.2 Å². The molecule has 0 saturated heterocycles. The Labute approximate surface area is 82.6 Å². The lowest BCUT2D eigenvalue weighted by molar-refractivity contribution is 0.0776. The van der Waals surface area contributed by atoms with Crippen molar-refractivity contribution in [2.24, 2.45) is 0 Å². The summed E-state index contributed by atoms with van der Waals surface area (Å²) in [5.74, 6) is 0.208. The average Bonchev–Trinajstić information content (AvgIpc) is 2.60. The summed E-state index contributed by atoms with van der Waals surface area (Å²) in [4.78, 5) is 13.4. The van der Waals surface area contributed by atoms with E-state index < -0.39 is 0 Å². The predicted molar refractivity (Wildman–Crippen MR) is 54.8 cm³/mol. The van der Waals surface area contributed by atoms with E-state index in [9.17, 15) is 4.79 Å². The summed E-state index contributed by atoms with van der Waals surface area (Å²) in [6, 6.07) is 1.52. The Morgan fingerprint density at radius 2 is 2.57 bits per heavy atom. The maximum Gasteiger partial charge on any atom is 0.272 e. The number of likely N-dealkylation sites (N-methyl/N-ethyl adjacent to an activating group) is 1. The highest BCUT2D eigenvalue weighted by atomic mass is 16.2. The molecule has 0 radical (unpaired) electrons. The first-order valence-electron chi connectivity index (χ1n) is 4.40. The quantitative estimate of drug-likeness (QED) is 0.691. The van der Waals surface area contributed by atoms with Crippen molar-refractivity contribution >= 4 is 11.7 Å². The number of hydrogen-bond donors (Lipinski definition) is 2. The van der Waals surface area contributed by atoms with Gasteiger partial charge in [-0.15, -0.1) is 6.58 Å². The minimum Gasteiger partial charge on any atom is -0.382 e. The molecule has 5 heteroatoms. The zero-order valence-electron chi connectivity index (χ0n) is 8.16. The molecule has 0 aromatic carbocycles. The number of amides is 1. The number of carbonyl (C=O) groups is 1. The first-order chi connectivity index (χ1) is 6.69. The van der Waals surface area contributed by atoms with Gasteiger partial charge in [0.05, 0.1) is 0 Å². The van der Waals surface area contributed by atoms with Gasteiger partial charge < -0.3 is 10.6 Å². The van der Waals surface area contributed by atoms with Crippen LogP contribution in [0.25, 0.3) is 0 Å². The Bertz CT molecular complexity index is 331. The Morgan fingerprint density at radius 1 is 1.86 bits per heavy atom. The second-order valence-electron chi connectivity index (χ2n) is 2.84. The van der Waals surface area contributed by atoms with Crippen molar-refractivity contribution in [3.8, 4) is 0 Å². The van der Waals surface area contributed by atoms with Crippen LogP contribution >= 0.6 is 0 Å². The van der Waals surface area contributed by atoms with Crippen LogP contribution in [0.1, 0.15) is 17.4 Å². The number of nitrogen functional groups attached to an aromatic ring is 1. The molecule has 3 N–H and O–H groups in total. The number of hydrogen-bond acceptors (Lipinski definition) is 3. The van der Waals surface area contributed by atoms with Gasteiger partial charge in [0.15, 0.2) is 0 Å². The van der Waals surface area contributed by atoms with Crippen LogP contribution in [0.4, 0.5) is 5.82 Å². The van der Waals surface area contributed by atoms with Crippen LogP contribution in [0, 0.1) is 0 Å². The molecule has 0 atom stereocenters. The standard InChI is InChI=1S/C9H14N4O/c1-3-5-13(4-2)9(14)7-6-8(10)12-11-7/h3,6H,1,4-5H2,2H3,(H3,10,11,12). The van der Waals surface area contributed by atoms with E-state index >= 15 is 0 Å². The van der Waals surface area contributed by atoms with E-state index in [1.54, 1.807) is 11.0 Å². The molecule has 0 aliphatic rings. The SMILES string of the molecule is C=CCN(CC)C(=O)c1cc(N)n[nH]1. The summed E-state index contributed by atoms with van der Waals surface area (Å²) >= 11 is 0. The topological polar surface area (TPSA) is 75.0 Å².